The van der Waals surface area contributed by atoms with E-state index in [0.29, 0.717) is 6.54 Å². The van der Waals surface area contributed by atoms with Crippen molar-refractivity contribution < 1.29 is 13.5 Å². The molecule has 1 heterocycles. The Morgan fingerprint density at radius 1 is 1.43 bits per heavy atom. The first kappa shape index (κ1) is 16.3. The fourth-order valence-electron chi connectivity index (χ4n) is 2.81. The molecule has 1 saturated carbocycles. The van der Waals surface area contributed by atoms with Crippen LogP contribution in [0.15, 0.2) is 11.1 Å². The number of nitrogens with one attached hydrogen (secondary N) is 1. The molecular formula is C13H24N4O3S. The van der Waals surface area contributed by atoms with Gasteiger partial charge in [0, 0.05) is 31.3 Å². The summed E-state index contributed by atoms with van der Waals surface area (Å²) in [5, 5.41) is 13.6. The van der Waals surface area contributed by atoms with E-state index in [4.69, 9.17) is 5.73 Å². The normalized spacial score (nSPS) is 18.8. The van der Waals surface area contributed by atoms with Crippen molar-refractivity contribution >= 4 is 15.8 Å². The van der Waals surface area contributed by atoms with Crippen LogP contribution < -0.4 is 10.5 Å². The van der Waals surface area contributed by atoms with Crippen molar-refractivity contribution in [2.45, 2.75) is 50.5 Å². The second kappa shape index (κ2) is 6.33. The highest BCUT2D eigenvalue weighted by molar-refractivity contribution is 7.89. The van der Waals surface area contributed by atoms with Crippen LogP contribution in [0.3, 0.4) is 0 Å². The van der Waals surface area contributed by atoms with Gasteiger partial charge in [0.05, 0.1) is 0 Å². The van der Waals surface area contributed by atoms with Crippen LogP contribution in [0, 0.1) is 5.41 Å². The lowest BCUT2D eigenvalue weighted by molar-refractivity contribution is 0.0867. The molecule has 0 aliphatic heterocycles. The second-order valence-electron chi connectivity index (χ2n) is 5.78. The average molecular weight is 316 g/mol. The SMILES string of the molecule is CCn1cc(S(=O)(=O)NCC2(CO)CCCCC2)c(N)n1. The maximum Gasteiger partial charge on any atom is 0.245 e. The Balaban J connectivity index is 2.11. The minimum absolute atomic E-state index is 0.000770. The van der Waals surface area contributed by atoms with Crippen LogP contribution in [0.2, 0.25) is 0 Å². The largest absolute Gasteiger partial charge is 0.396 e. The number of hydrogen-bond donors (Lipinski definition) is 3. The van der Waals surface area contributed by atoms with Gasteiger partial charge in [0.2, 0.25) is 10.0 Å². The Kier molecular flexibility index (Phi) is 4.90. The molecule has 0 unspecified atom stereocenters. The van der Waals surface area contributed by atoms with Gasteiger partial charge in [0.1, 0.15) is 4.90 Å². The molecular weight excluding hydrogens is 292 g/mol. The summed E-state index contributed by atoms with van der Waals surface area (Å²) < 4.78 is 28.8. The molecule has 21 heavy (non-hydrogen) atoms. The van der Waals surface area contributed by atoms with Gasteiger partial charge in [0.25, 0.3) is 0 Å². The van der Waals surface area contributed by atoms with Crippen LogP contribution in [0.25, 0.3) is 0 Å². The molecule has 0 bridgehead atoms. The number of aryl methyl sites for hydroxylation is 1. The first-order valence-electron chi connectivity index (χ1n) is 7.36. The van der Waals surface area contributed by atoms with Crippen LogP contribution in [-0.2, 0) is 16.6 Å². The first-order chi connectivity index (χ1) is 9.92. The van der Waals surface area contributed by atoms with Crippen molar-refractivity contribution in [2.24, 2.45) is 5.41 Å². The van der Waals surface area contributed by atoms with Crippen LogP contribution >= 0.6 is 0 Å². The molecule has 0 aromatic carbocycles. The molecule has 7 nitrogen and oxygen atoms in total. The van der Waals surface area contributed by atoms with Crippen molar-refractivity contribution in [3.8, 4) is 0 Å². The fourth-order valence-corrected chi connectivity index (χ4v) is 4.03. The number of rotatable bonds is 6. The van der Waals surface area contributed by atoms with E-state index in [1.807, 2.05) is 6.92 Å². The van der Waals surface area contributed by atoms with Gasteiger partial charge in [-0.1, -0.05) is 19.3 Å². The van der Waals surface area contributed by atoms with Crippen molar-refractivity contribution in [2.75, 3.05) is 18.9 Å². The van der Waals surface area contributed by atoms with Crippen molar-refractivity contribution in [3.63, 3.8) is 0 Å². The predicted molar refractivity (Wildman–Crippen MR) is 80.1 cm³/mol. The number of nitrogens with zero attached hydrogens (tertiary/aromatic N) is 2. The van der Waals surface area contributed by atoms with Crippen LogP contribution in [0.4, 0.5) is 5.82 Å². The summed E-state index contributed by atoms with van der Waals surface area (Å²) in [6, 6.07) is 0. The van der Waals surface area contributed by atoms with Gasteiger partial charge in [-0.05, 0) is 19.8 Å². The van der Waals surface area contributed by atoms with E-state index in [9.17, 15) is 13.5 Å². The number of anilines is 1. The Morgan fingerprint density at radius 3 is 2.62 bits per heavy atom. The highest BCUT2D eigenvalue weighted by Crippen LogP contribution is 2.35. The lowest BCUT2D eigenvalue weighted by atomic mass is 9.75. The molecule has 0 spiro atoms. The molecule has 120 valence electrons. The molecule has 0 saturated heterocycles. The molecule has 1 fully saturated rings. The molecule has 0 radical (unpaired) electrons. The highest BCUT2D eigenvalue weighted by atomic mass is 32.2. The number of hydrogen-bond acceptors (Lipinski definition) is 5. The number of aliphatic hydroxyl groups is 1. The van der Waals surface area contributed by atoms with Gasteiger partial charge in [-0.25, -0.2) is 13.1 Å². The topological polar surface area (TPSA) is 110 Å². The lowest BCUT2D eigenvalue weighted by Crippen LogP contribution is -2.41. The van der Waals surface area contributed by atoms with E-state index >= 15 is 0 Å². The van der Waals surface area contributed by atoms with Crippen LogP contribution in [0.5, 0.6) is 0 Å². The zero-order chi connectivity index (χ0) is 15.5. The summed E-state index contributed by atoms with van der Waals surface area (Å²) in [5.41, 5.74) is 5.33. The summed E-state index contributed by atoms with van der Waals surface area (Å²) in [4.78, 5) is 0.00764. The molecule has 2 rings (SSSR count). The molecule has 1 aromatic heterocycles. The third-order valence-corrected chi connectivity index (χ3v) is 5.67. The van der Waals surface area contributed by atoms with E-state index in [0.717, 1.165) is 32.1 Å². The predicted octanol–water partition coefficient (Wildman–Crippen LogP) is 0.706. The van der Waals surface area contributed by atoms with Crippen molar-refractivity contribution in [3.05, 3.63) is 6.20 Å². The molecule has 1 aliphatic rings. The lowest BCUT2D eigenvalue weighted by Gasteiger charge is -2.35. The quantitative estimate of drug-likeness (QED) is 0.716. The Labute approximate surface area is 125 Å². The van der Waals surface area contributed by atoms with Gasteiger partial charge < -0.3 is 10.8 Å². The summed E-state index contributed by atoms with van der Waals surface area (Å²) >= 11 is 0. The maximum atomic E-state index is 12.4. The van der Waals surface area contributed by atoms with E-state index in [2.05, 4.69) is 9.82 Å². The molecule has 0 atom stereocenters. The minimum Gasteiger partial charge on any atom is -0.396 e. The zero-order valence-corrected chi connectivity index (χ0v) is 13.2. The van der Waals surface area contributed by atoms with Crippen molar-refractivity contribution in [1.29, 1.82) is 0 Å². The van der Waals surface area contributed by atoms with Gasteiger partial charge in [-0.15, -0.1) is 0 Å². The molecule has 0 amide bonds. The van der Waals surface area contributed by atoms with E-state index in [1.165, 1.54) is 10.9 Å². The number of nitrogens with two attached hydrogens (primary N) is 1. The molecule has 1 aliphatic carbocycles. The van der Waals surface area contributed by atoms with Gasteiger partial charge in [0.15, 0.2) is 5.82 Å². The number of aliphatic hydroxyl groups excluding tert-OH is 1. The average Bonchev–Trinajstić information content (AvgIpc) is 2.88. The van der Waals surface area contributed by atoms with Crippen molar-refractivity contribution in [1.82, 2.24) is 14.5 Å². The van der Waals surface area contributed by atoms with E-state index in [1.54, 1.807) is 0 Å². The van der Waals surface area contributed by atoms with Crippen LogP contribution in [-0.4, -0.2) is 36.5 Å². The van der Waals surface area contributed by atoms with E-state index in [-0.39, 0.29) is 29.3 Å². The number of sulfonamides is 1. The van der Waals surface area contributed by atoms with Crippen LogP contribution in [0.1, 0.15) is 39.0 Å². The summed E-state index contributed by atoms with van der Waals surface area (Å²) in [6.07, 6.45) is 6.32. The third kappa shape index (κ3) is 3.56. The summed E-state index contributed by atoms with van der Waals surface area (Å²) in [6.45, 7) is 2.65. The first-order valence-corrected chi connectivity index (χ1v) is 8.84. The minimum atomic E-state index is -3.70. The number of nitrogen functional groups attached to an aromatic ring is 1. The second-order valence-corrected chi connectivity index (χ2v) is 7.51. The highest BCUT2D eigenvalue weighted by Gasteiger charge is 2.33. The van der Waals surface area contributed by atoms with Gasteiger partial charge in [-0.2, -0.15) is 5.10 Å². The molecule has 4 N–H and O–H groups in total. The standard InChI is InChI=1S/C13H24N4O3S/c1-2-17-8-11(12(14)16-17)21(19,20)15-9-13(10-18)6-4-3-5-7-13/h8,15,18H,2-7,9-10H2,1H3,(H2,14,16). The van der Waals surface area contributed by atoms with Gasteiger partial charge in [-0.3, -0.25) is 4.68 Å². The summed E-state index contributed by atoms with van der Waals surface area (Å²) in [5.74, 6) is 0.00560. The fraction of sp³-hybridized carbons (Fsp3) is 0.769. The van der Waals surface area contributed by atoms with E-state index < -0.39 is 10.0 Å². The maximum absolute atomic E-state index is 12.4. The zero-order valence-electron chi connectivity index (χ0n) is 12.4. The monoisotopic (exact) mass is 316 g/mol. The molecule has 1 aromatic rings. The van der Waals surface area contributed by atoms with Gasteiger partial charge >= 0.3 is 0 Å². The summed E-state index contributed by atoms with van der Waals surface area (Å²) in [7, 11) is -3.70. The third-order valence-electron chi connectivity index (χ3n) is 4.26. The Hall–Kier alpha value is -1.12. The Bertz CT molecular complexity index is 576. The molecule has 8 heteroatoms. The smallest absolute Gasteiger partial charge is 0.245 e. The number of aromatic nitrogens is 2. The Morgan fingerprint density at radius 2 is 2.10 bits per heavy atom.